The Bertz CT molecular complexity index is 284. The van der Waals surface area contributed by atoms with Crippen molar-refractivity contribution in [1.29, 1.82) is 0 Å². The van der Waals surface area contributed by atoms with E-state index in [1.807, 2.05) is 0 Å². The lowest BCUT2D eigenvalue weighted by Gasteiger charge is -1.97. The average molecular weight is 172 g/mol. The topological polar surface area (TPSA) is 42.9 Å². The molecule has 0 amide bonds. The monoisotopic (exact) mass is 172 g/mol. The molecule has 0 aromatic carbocycles. The number of halogens is 2. The van der Waals surface area contributed by atoms with Crippen LogP contribution in [-0.4, -0.2) is 22.2 Å². The molecule has 0 N–H and O–H groups in total. The number of carbonyl (C=O) groups is 1. The maximum Gasteiger partial charge on any atom is 0.300 e. The fourth-order valence-electron chi connectivity index (χ4n) is 0.646. The first-order valence-corrected chi connectivity index (χ1v) is 3.22. The minimum absolute atomic E-state index is 0.157. The molecule has 0 bridgehead atoms. The first kappa shape index (κ1) is 8.70. The van der Waals surface area contributed by atoms with Gasteiger partial charge in [-0.05, 0) is 6.92 Å². The van der Waals surface area contributed by atoms with Crippen molar-refractivity contribution in [3.63, 3.8) is 0 Å². The van der Waals surface area contributed by atoms with E-state index in [1.54, 1.807) is 6.92 Å². The quantitative estimate of drug-likeness (QED) is 0.630. The molecule has 1 heterocycles. The van der Waals surface area contributed by atoms with Crippen LogP contribution in [0, 0.1) is 6.92 Å². The molecule has 1 aromatic heterocycles. The molecule has 0 saturated heterocycles. The number of hydrogen-bond donors (Lipinski definition) is 0. The van der Waals surface area contributed by atoms with Gasteiger partial charge in [0.25, 0.3) is 0 Å². The zero-order valence-corrected chi connectivity index (χ0v) is 6.29. The molecule has 1 aromatic rings. The van der Waals surface area contributed by atoms with E-state index in [9.17, 15) is 13.6 Å². The van der Waals surface area contributed by atoms with Crippen molar-refractivity contribution in [1.82, 2.24) is 9.97 Å². The van der Waals surface area contributed by atoms with E-state index in [4.69, 9.17) is 0 Å². The Labute approximate surface area is 67.5 Å². The minimum atomic E-state index is -2.99. The third-order valence-corrected chi connectivity index (χ3v) is 1.26. The molecule has 0 fully saturated rings. The summed E-state index contributed by atoms with van der Waals surface area (Å²) >= 11 is 0. The number of hydrogen-bond acceptors (Lipinski definition) is 3. The lowest BCUT2D eigenvalue weighted by atomic mass is 10.2. The number of alkyl halides is 2. The smallest absolute Gasteiger partial charge is 0.288 e. The number of rotatable bonds is 2. The highest BCUT2D eigenvalue weighted by molar-refractivity contribution is 5.97. The highest BCUT2D eigenvalue weighted by Gasteiger charge is 2.17. The molecule has 0 saturated carbocycles. The summed E-state index contributed by atoms with van der Waals surface area (Å²) in [6.07, 6.45) is -0.801. The Morgan fingerprint density at radius 1 is 1.42 bits per heavy atom. The Morgan fingerprint density at radius 2 is 1.92 bits per heavy atom. The van der Waals surface area contributed by atoms with Gasteiger partial charge in [0, 0.05) is 12.4 Å². The maximum atomic E-state index is 11.8. The van der Waals surface area contributed by atoms with Crippen LogP contribution >= 0.6 is 0 Å². The summed E-state index contributed by atoms with van der Waals surface area (Å²) in [4.78, 5) is 17.9. The SMILES string of the molecule is Cc1ncc(C(=O)C(F)F)cn1. The van der Waals surface area contributed by atoms with Crippen molar-refractivity contribution >= 4 is 5.78 Å². The zero-order valence-electron chi connectivity index (χ0n) is 6.29. The summed E-state index contributed by atoms with van der Waals surface area (Å²) < 4.78 is 23.6. The van der Waals surface area contributed by atoms with Crippen LogP contribution in [0.4, 0.5) is 8.78 Å². The summed E-state index contributed by atoms with van der Waals surface area (Å²) in [5, 5.41) is 0. The number of Topliss-reactive ketones (excluding diaryl/α,β-unsaturated/α-hetero) is 1. The van der Waals surface area contributed by atoms with E-state index in [0.717, 1.165) is 12.4 Å². The number of nitrogens with zero attached hydrogens (tertiary/aromatic N) is 2. The molecule has 0 atom stereocenters. The molecular formula is C7H6F2N2O. The Morgan fingerprint density at radius 3 is 2.33 bits per heavy atom. The highest BCUT2D eigenvalue weighted by atomic mass is 19.3. The molecular weight excluding hydrogens is 166 g/mol. The van der Waals surface area contributed by atoms with Crippen LogP contribution in [0.3, 0.4) is 0 Å². The average Bonchev–Trinajstić information content (AvgIpc) is 2.04. The lowest BCUT2D eigenvalue weighted by Crippen LogP contribution is -2.11. The van der Waals surface area contributed by atoms with E-state index in [-0.39, 0.29) is 5.56 Å². The summed E-state index contributed by atoms with van der Waals surface area (Å²) in [5.74, 6) is -0.796. The van der Waals surface area contributed by atoms with Gasteiger partial charge in [0.1, 0.15) is 5.82 Å². The van der Waals surface area contributed by atoms with Gasteiger partial charge in [-0.1, -0.05) is 0 Å². The molecule has 0 spiro atoms. The van der Waals surface area contributed by atoms with E-state index >= 15 is 0 Å². The van der Waals surface area contributed by atoms with Gasteiger partial charge in [-0.25, -0.2) is 18.7 Å². The van der Waals surface area contributed by atoms with Crippen LogP contribution in [0.5, 0.6) is 0 Å². The van der Waals surface area contributed by atoms with Crippen molar-refractivity contribution in [2.75, 3.05) is 0 Å². The van der Waals surface area contributed by atoms with Crippen LogP contribution in [0.2, 0.25) is 0 Å². The van der Waals surface area contributed by atoms with E-state index in [0.29, 0.717) is 5.82 Å². The van der Waals surface area contributed by atoms with Crippen LogP contribution in [0.1, 0.15) is 16.2 Å². The molecule has 64 valence electrons. The molecule has 0 aliphatic carbocycles. The van der Waals surface area contributed by atoms with Crippen LogP contribution in [0.15, 0.2) is 12.4 Å². The number of aromatic nitrogens is 2. The van der Waals surface area contributed by atoms with Crippen molar-refractivity contribution in [3.05, 3.63) is 23.8 Å². The van der Waals surface area contributed by atoms with Gasteiger partial charge in [-0.15, -0.1) is 0 Å². The minimum Gasteiger partial charge on any atom is -0.288 e. The highest BCUT2D eigenvalue weighted by Crippen LogP contribution is 2.04. The van der Waals surface area contributed by atoms with E-state index in [1.165, 1.54) is 0 Å². The Hall–Kier alpha value is -1.39. The van der Waals surface area contributed by atoms with Crippen LogP contribution < -0.4 is 0 Å². The second kappa shape index (κ2) is 3.34. The third-order valence-electron chi connectivity index (χ3n) is 1.26. The molecule has 3 nitrogen and oxygen atoms in total. The lowest BCUT2D eigenvalue weighted by molar-refractivity contribution is 0.0678. The van der Waals surface area contributed by atoms with Crippen molar-refractivity contribution in [2.45, 2.75) is 13.3 Å². The normalized spacial score (nSPS) is 10.3. The second-order valence-corrected chi connectivity index (χ2v) is 2.18. The third kappa shape index (κ3) is 1.81. The van der Waals surface area contributed by atoms with Crippen molar-refractivity contribution in [3.8, 4) is 0 Å². The molecule has 1 rings (SSSR count). The second-order valence-electron chi connectivity index (χ2n) is 2.18. The van der Waals surface area contributed by atoms with Gasteiger partial charge in [-0.2, -0.15) is 0 Å². The van der Waals surface area contributed by atoms with E-state index < -0.39 is 12.2 Å². The predicted octanol–water partition coefficient (Wildman–Crippen LogP) is 1.23. The fourth-order valence-corrected chi connectivity index (χ4v) is 0.646. The largest absolute Gasteiger partial charge is 0.300 e. The van der Waals surface area contributed by atoms with Gasteiger partial charge >= 0.3 is 6.43 Å². The van der Waals surface area contributed by atoms with Gasteiger partial charge in [0.2, 0.25) is 5.78 Å². The van der Waals surface area contributed by atoms with Crippen molar-refractivity contribution < 1.29 is 13.6 Å². The maximum absolute atomic E-state index is 11.8. The van der Waals surface area contributed by atoms with Crippen LogP contribution in [0.25, 0.3) is 0 Å². The van der Waals surface area contributed by atoms with Gasteiger partial charge in [0.05, 0.1) is 5.56 Å². The Balaban J connectivity index is 2.90. The molecule has 0 aliphatic heterocycles. The predicted molar refractivity (Wildman–Crippen MR) is 37.1 cm³/mol. The van der Waals surface area contributed by atoms with Crippen molar-refractivity contribution in [2.24, 2.45) is 0 Å². The standard InChI is InChI=1S/C7H6F2N2O/c1-4-10-2-5(3-11-4)6(12)7(8)9/h2-3,7H,1H3. The molecule has 12 heavy (non-hydrogen) atoms. The summed E-state index contributed by atoms with van der Waals surface area (Å²) in [6.45, 7) is 1.61. The molecule has 0 unspecified atom stereocenters. The van der Waals surface area contributed by atoms with Gasteiger partial charge < -0.3 is 0 Å². The Kier molecular flexibility index (Phi) is 2.42. The zero-order chi connectivity index (χ0) is 9.14. The van der Waals surface area contributed by atoms with Crippen LogP contribution in [-0.2, 0) is 0 Å². The van der Waals surface area contributed by atoms with Gasteiger partial charge in [-0.3, -0.25) is 4.79 Å². The molecule has 0 aliphatic rings. The number of aryl methyl sites for hydroxylation is 1. The summed E-state index contributed by atoms with van der Waals surface area (Å²) in [7, 11) is 0. The number of ketones is 1. The number of carbonyl (C=O) groups excluding carboxylic acids is 1. The first-order chi connectivity index (χ1) is 5.61. The molecule has 5 heteroatoms. The van der Waals surface area contributed by atoms with E-state index in [2.05, 4.69) is 9.97 Å². The molecule has 0 radical (unpaired) electrons. The fraction of sp³-hybridized carbons (Fsp3) is 0.286. The summed E-state index contributed by atoms with van der Waals surface area (Å²) in [5.41, 5.74) is -0.157. The summed E-state index contributed by atoms with van der Waals surface area (Å²) in [6, 6.07) is 0. The van der Waals surface area contributed by atoms with Gasteiger partial charge in [0.15, 0.2) is 0 Å². The first-order valence-electron chi connectivity index (χ1n) is 3.22.